The van der Waals surface area contributed by atoms with Gasteiger partial charge in [0.1, 0.15) is 6.07 Å². The molecule has 0 atom stereocenters. The topological polar surface area (TPSA) is 125 Å². The summed E-state index contributed by atoms with van der Waals surface area (Å²) in [5, 5.41) is 13.4. The van der Waals surface area contributed by atoms with E-state index < -0.39 is 0 Å². The van der Waals surface area contributed by atoms with Crippen LogP contribution in [0.25, 0.3) is 23.0 Å². The highest BCUT2D eigenvalue weighted by molar-refractivity contribution is 5.93. The van der Waals surface area contributed by atoms with Crippen molar-refractivity contribution in [2.24, 2.45) is 0 Å². The third-order valence-corrected chi connectivity index (χ3v) is 5.00. The molecule has 1 saturated heterocycles. The molecule has 1 fully saturated rings. The molecule has 10 nitrogen and oxygen atoms in total. The first-order valence-electron chi connectivity index (χ1n) is 9.59. The third kappa shape index (κ3) is 3.53. The number of rotatable bonds is 4. The predicted octanol–water partition coefficient (Wildman–Crippen LogP) is 2.82. The summed E-state index contributed by atoms with van der Waals surface area (Å²) in [6, 6.07) is 10.7. The van der Waals surface area contributed by atoms with Gasteiger partial charge in [0.05, 0.1) is 6.26 Å². The van der Waals surface area contributed by atoms with Crippen molar-refractivity contribution in [3.8, 4) is 29.0 Å². The highest BCUT2D eigenvalue weighted by atomic mass is 16.5. The van der Waals surface area contributed by atoms with Crippen LogP contribution in [0.15, 0.2) is 62.3 Å². The molecule has 0 aliphatic carbocycles. The maximum absolute atomic E-state index is 12.8. The Bertz CT molecular complexity index is 1230. The zero-order chi connectivity index (χ0) is 21.2. The minimum Gasteiger partial charge on any atom is -0.459 e. The Hall–Kier alpha value is -4.39. The lowest BCUT2D eigenvalue weighted by Crippen LogP contribution is -2.49. The molecule has 0 saturated carbocycles. The predicted molar refractivity (Wildman–Crippen MR) is 107 cm³/mol. The van der Waals surface area contributed by atoms with Crippen LogP contribution in [0.1, 0.15) is 16.2 Å². The van der Waals surface area contributed by atoms with Gasteiger partial charge < -0.3 is 23.2 Å². The Morgan fingerprint density at radius 3 is 2.61 bits per heavy atom. The van der Waals surface area contributed by atoms with Gasteiger partial charge >= 0.3 is 0 Å². The summed E-state index contributed by atoms with van der Waals surface area (Å²) in [5.41, 5.74) is 1.23. The zero-order valence-corrected chi connectivity index (χ0v) is 16.3. The van der Waals surface area contributed by atoms with E-state index in [1.807, 2.05) is 4.90 Å². The van der Waals surface area contributed by atoms with Crippen LogP contribution in [0.2, 0.25) is 0 Å². The fraction of sp³-hybridized carbons (Fsp3) is 0.190. The molecule has 0 bridgehead atoms. The number of piperazine rings is 1. The van der Waals surface area contributed by atoms with Crippen LogP contribution >= 0.6 is 0 Å². The molecule has 0 aromatic carbocycles. The fourth-order valence-electron chi connectivity index (χ4n) is 3.41. The van der Waals surface area contributed by atoms with E-state index in [4.69, 9.17) is 13.4 Å². The molecule has 1 aliphatic heterocycles. The lowest BCUT2D eigenvalue weighted by atomic mass is 10.2. The van der Waals surface area contributed by atoms with E-state index in [2.05, 4.69) is 21.2 Å². The average Bonchev–Trinajstić information content (AvgIpc) is 3.59. The van der Waals surface area contributed by atoms with E-state index in [0.717, 1.165) is 5.56 Å². The maximum atomic E-state index is 12.8. The van der Waals surface area contributed by atoms with Gasteiger partial charge in [0.15, 0.2) is 17.2 Å². The smallest absolute Gasteiger partial charge is 0.276 e. The van der Waals surface area contributed by atoms with Crippen LogP contribution in [0, 0.1) is 11.3 Å². The highest BCUT2D eigenvalue weighted by Crippen LogP contribution is 2.29. The van der Waals surface area contributed by atoms with Crippen LogP contribution in [0.3, 0.4) is 0 Å². The average molecular weight is 416 g/mol. The monoisotopic (exact) mass is 416 g/mol. The van der Waals surface area contributed by atoms with E-state index in [0.29, 0.717) is 43.6 Å². The molecule has 4 aromatic rings. The summed E-state index contributed by atoms with van der Waals surface area (Å²) in [4.78, 5) is 24.6. The van der Waals surface area contributed by atoms with E-state index in [9.17, 15) is 10.1 Å². The summed E-state index contributed by atoms with van der Waals surface area (Å²) < 4.78 is 16.4. The van der Waals surface area contributed by atoms with Crippen LogP contribution in [-0.4, -0.2) is 52.1 Å². The summed E-state index contributed by atoms with van der Waals surface area (Å²) >= 11 is 0. The molecule has 0 spiro atoms. The van der Waals surface area contributed by atoms with Gasteiger partial charge in [-0.2, -0.15) is 10.2 Å². The molecule has 0 unspecified atom stereocenters. The Labute approximate surface area is 176 Å². The van der Waals surface area contributed by atoms with Crippen molar-refractivity contribution in [1.82, 2.24) is 20.0 Å². The number of aromatic nitrogens is 3. The number of hydrogen-bond acceptors (Lipinski definition) is 9. The summed E-state index contributed by atoms with van der Waals surface area (Å²) in [6.45, 7) is 1.86. The Balaban J connectivity index is 1.27. The molecule has 10 heteroatoms. The lowest BCUT2D eigenvalue weighted by Gasteiger charge is -2.34. The maximum Gasteiger partial charge on any atom is 0.276 e. The molecule has 0 N–H and O–H groups in total. The number of carbonyl (C=O) groups excluding carboxylic acids is 1. The van der Waals surface area contributed by atoms with Crippen molar-refractivity contribution in [2.75, 3.05) is 31.1 Å². The molecule has 4 aromatic heterocycles. The van der Waals surface area contributed by atoms with Gasteiger partial charge in [-0.1, -0.05) is 5.16 Å². The number of amides is 1. The normalized spacial score (nSPS) is 13.9. The van der Waals surface area contributed by atoms with Gasteiger partial charge in [-0.05, 0) is 24.3 Å². The van der Waals surface area contributed by atoms with Crippen LogP contribution in [-0.2, 0) is 0 Å². The van der Waals surface area contributed by atoms with Crippen molar-refractivity contribution >= 4 is 11.8 Å². The van der Waals surface area contributed by atoms with Crippen LogP contribution in [0.4, 0.5) is 5.88 Å². The number of furan rings is 1. The molecule has 1 amide bonds. The number of nitriles is 1. The van der Waals surface area contributed by atoms with Crippen molar-refractivity contribution in [3.63, 3.8) is 0 Å². The molecule has 154 valence electrons. The Kier molecular flexibility index (Phi) is 4.68. The van der Waals surface area contributed by atoms with E-state index in [1.54, 1.807) is 47.6 Å². The SMILES string of the molecule is N#Cc1nc(-c2ccco2)oc1N1CCN(C(=O)c2cc(-c3ccncc3)on2)CC1. The minimum atomic E-state index is -0.210. The van der Waals surface area contributed by atoms with E-state index in [1.165, 1.54) is 6.26 Å². The summed E-state index contributed by atoms with van der Waals surface area (Å²) in [5.74, 6) is 1.38. The highest BCUT2D eigenvalue weighted by Gasteiger charge is 2.28. The number of carbonyl (C=O) groups is 1. The summed E-state index contributed by atoms with van der Waals surface area (Å²) in [7, 11) is 0. The number of anilines is 1. The lowest BCUT2D eigenvalue weighted by molar-refractivity contribution is 0.0735. The van der Waals surface area contributed by atoms with Gasteiger partial charge in [0.25, 0.3) is 11.8 Å². The first kappa shape index (κ1) is 18.6. The third-order valence-electron chi connectivity index (χ3n) is 5.00. The van der Waals surface area contributed by atoms with Crippen molar-refractivity contribution < 1.29 is 18.2 Å². The number of oxazole rings is 1. The molecule has 5 rings (SSSR count). The van der Waals surface area contributed by atoms with Crippen molar-refractivity contribution in [1.29, 1.82) is 5.26 Å². The second-order valence-electron chi connectivity index (χ2n) is 6.85. The van der Waals surface area contributed by atoms with Crippen LogP contribution in [0.5, 0.6) is 0 Å². The van der Waals surface area contributed by atoms with Gasteiger partial charge in [0.2, 0.25) is 11.6 Å². The standard InChI is InChI=1S/C21H16N6O4/c22-13-16-21(30-19(24-16)17-2-1-11-29-17)27-9-7-26(8-10-27)20(28)15-12-18(31-25-15)14-3-5-23-6-4-14/h1-6,11-12H,7-10H2. The first-order valence-corrected chi connectivity index (χ1v) is 9.59. The van der Waals surface area contributed by atoms with Crippen LogP contribution < -0.4 is 4.90 Å². The minimum absolute atomic E-state index is 0.185. The van der Waals surface area contributed by atoms with Gasteiger partial charge in [-0.15, -0.1) is 0 Å². The molecule has 1 aliphatic rings. The number of pyridine rings is 1. The first-order chi connectivity index (χ1) is 15.2. The number of nitrogens with zero attached hydrogens (tertiary/aromatic N) is 6. The summed E-state index contributed by atoms with van der Waals surface area (Å²) in [6.07, 6.45) is 4.81. The molecule has 0 radical (unpaired) electrons. The largest absolute Gasteiger partial charge is 0.459 e. The van der Waals surface area contributed by atoms with Gasteiger partial charge in [-0.25, -0.2) is 0 Å². The van der Waals surface area contributed by atoms with Crippen molar-refractivity contribution in [3.05, 3.63) is 60.4 Å². The zero-order valence-electron chi connectivity index (χ0n) is 16.3. The second-order valence-corrected chi connectivity index (χ2v) is 6.85. The van der Waals surface area contributed by atoms with Gasteiger partial charge in [0, 0.05) is 50.2 Å². The van der Waals surface area contributed by atoms with Gasteiger partial charge in [-0.3, -0.25) is 9.78 Å². The van der Waals surface area contributed by atoms with E-state index in [-0.39, 0.29) is 23.2 Å². The molecule has 31 heavy (non-hydrogen) atoms. The van der Waals surface area contributed by atoms with E-state index >= 15 is 0 Å². The second kappa shape index (κ2) is 7.79. The Morgan fingerprint density at radius 2 is 1.90 bits per heavy atom. The molecular formula is C21H16N6O4. The quantitative estimate of drug-likeness (QED) is 0.493. The van der Waals surface area contributed by atoms with Crippen molar-refractivity contribution in [2.45, 2.75) is 0 Å². The fourth-order valence-corrected chi connectivity index (χ4v) is 3.41. The Morgan fingerprint density at radius 1 is 1.10 bits per heavy atom. The number of hydrogen-bond donors (Lipinski definition) is 0. The molecular weight excluding hydrogens is 400 g/mol. The molecule has 5 heterocycles.